The molecule has 0 aromatic carbocycles. The fourth-order valence-corrected chi connectivity index (χ4v) is 1.54. The molecule has 0 aliphatic rings. The van der Waals surface area contributed by atoms with Gasteiger partial charge in [-0.2, -0.15) is 0 Å². The highest BCUT2D eigenvalue weighted by Gasteiger charge is 2.19. The SMILES string of the molecule is CCC(C)CC(C)NC(COC)C(=O)O. The van der Waals surface area contributed by atoms with E-state index in [0.29, 0.717) is 5.92 Å². The molecule has 0 aliphatic heterocycles. The fourth-order valence-electron chi connectivity index (χ4n) is 1.54. The first-order chi connectivity index (χ1) is 7.01. The molecule has 0 aromatic rings. The van der Waals surface area contributed by atoms with Crippen molar-refractivity contribution in [2.24, 2.45) is 5.92 Å². The van der Waals surface area contributed by atoms with Crippen molar-refractivity contribution in [3.05, 3.63) is 0 Å². The molecule has 0 heterocycles. The Kier molecular flexibility index (Phi) is 7.34. The van der Waals surface area contributed by atoms with Gasteiger partial charge in [-0.15, -0.1) is 0 Å². The second-order valence-electron chi connectivity index (χ2n) is 4.16. The lowest BCUT2D eigenvalue weighted by Gasteiger charge is -2.21. The maximum absolute atomic E-state index is 10.8. The van der Waals surface area contributed by atoms with E-state index in [-0.39, 0.29) is 12.6 Å². The third-order valence-corrected chi connectivity index (χ3v) is 2.57. The van der Waals surface area contributed by atoms with Gasteiger partial charge in [-0.05, 0) is 19.3 Å². The summed E-state index contributed by atoms with van der Waals surface area (Å²) in [6.45, 7) is 6.53. The van der Waals surface area contributed by atoms with E-state index in [9.17, 15) is 4.79 Å². The van der Waals surface area contributed by atoms with Crippen LogP contribution in [0, 0.1) is 5.92 Å². The molecule has 4 nitrogen and oxygen atoms in total. The van der Waals surface area contributed by atoms with Crippen molar-refractivity contribution < 1.29 is 14.6 Å². The topological polar surface area (TPSA) is 58.6 Å². The number of hydrogen-bond donors (Lipinski definition) is 2. The monoisotopic (exact) mass is 217 g/mol. The Morgan fingerprint density at radius 1 is 1.47 bits per heavy atom. The van der Waals surface area contributed by atoms with Gasteiger partial charge in [0.25, 0.3) is 0 Å². The molecule has 0 aliphatic carbocycles. The third-order valence-electron chi connectivity index (χ3n) is 2.57. The predicted octanol–water partition coefficient (Wildman–Crippen LogP) is 1.50. The van der Waals surface area contributed by atoms with Crippen molar-refractivity contribution in [1.82, 2.24) is 5.32 Å². The van der Waals surface area contributed by atoms with E-state index < -0.39 is 12.0 Å². The normalized spacial score (nSPS) is 17.1. The summed E-state index contributed by atoms with van der Waals surface area (Å²) in [6, 6.07) is -0.398. The van der Waals surface area contributed by atoms with Gasteiger partial charge in [-0.1, -0.05) is 20.3 Å². The summed E-state index contributed by atoms with van der Waals surface area (Å²) in [5.41, 5.74) is 0. The summed E-state index contributed by atoms with van der Waals surface area (Å²) in [6.07, 6.45) is 2.11. The van der Waals surface area contributed by atoms with Crippen molar-refractivity contribution in [3.8, 4) is 0 Å². The molecule has 0 aromatic heterocycles. The van der Waals surface area contributed by atoms with Crippen molar-refractivity contribution in [1.29, 1.82) is 0 Å². The standard InChI is InChI=1S/C11H23NO3/c1-5-8(2)6-9(3)12-10(7-15-4)11(13)14/h8-10,12H,5-7H2,1-4H3,(H,13,14). The Bertz CT molecular complexity index is 185. The zero-order valence-corrected chi connectivity index (χ0v) is 10.1. The van der Waals surface area contributed by atoms with Crippen LogP contribution in [0.1, 0.15) is 33.6 Å². The molecule has 0 bridgehead atoms. The molecule has 4 heteroatoms. The molecular formula is C11H23NO3. The highest BCUT2D eigenvalue weighted by Crippen LogP contribution is 2.09. The van der Waals surface area contributed by atoms with Crippen LogP contribution in [0.15, 0.2) is 0 Å². The number of ether oxygens (including phenoxy) is 1. The predicted molar refractivity (Wildman–Crippen MR) is 60.0 cm³/mol. The summed E-state index contributed by atoms with van der Waals surface area (Å²) in [5.74, 6) is -0.239. The molecule has 0 radical (unpaired) electrons. The van der Waals surface area contributed by atoms with Crippen LogP contribution in [0.25, 0.3) is 0 Å². The first kappa shape index (κ1) is 14.4. The summed E-state index contributed by atoms with van der Waals surface area (Å²) >= 11 is 0. The molecule has 0 amide bonds. The number of methoxy groups -OCH3 is 1. The number of carboxylic acids is 1. The number of carboxylic acid groups (broad SMARTS) is 1. The van der Waals surface area contributed by atoms with Crippen LogP contribution in [0.5, 0.6) is 0 Å². The summed E-state index contributed by atoms with van der Waals surface area (Å²) < 4.78 is 4.85. The molecule has 2 N–H and O–H groups in total. The highest BCUT2D eigenvalue weighted by atomic mass is 16.5. The van der Waals surface area contributed by atoms with Crippen LogP contribution in [0.4, 0.5) is 0 Å². The zero-order valence-electron chi connectivity index (χ0n) is 10.1. The third kappa shape index (κ3) is 6.47. The minimum atomic E-state index is -0.854. The number of rotatable bonds is 8. The summed E-state index contributed by atoms with van der Waals surface area (Å²) in [7, 11) is 1.51. The average molecular weight is 217 g/mol. The Balaban J connectivity index is 3.99. The minimum Gasteiger partial charge on any atom is -0.480 e. The van der Waals surface area contributed by atoms with Crippen molar-refractivity contribution in [2.45, 2.75) is 45.7 Å². The van der Waals surface area contributed by atoms with Gasteiger partial charge >= 0.3 is 5.97 Å². The Morgan fingerprint density at radius 3 is 2.47 bits per heavy atom. The van der Waals surface area contributed by atoms with Gasteiger partial charge in [-0.3, -0.25) is 10.1 Å². The van der Waals surface area contributed by atoms with Gasteiger partial charge < -0.3 is 9.84 Å². The summed E-state index contributed by atoms with van der Waals surface area (Å²) in [4.78, 5) is 10.8. The van der Waals surface area contributed by atoms with Gasteiger partial charge in [0.2, 0.25) is 0 Å². The smallest absolute Gasteiger partial charge is 0.323 e. The number of aliphatic carboxylic acids is 1. The molecule has 0 saturated carbocycles. The molecule has 0 saturated heterocycles. The van der Waals surface area contributed by atoms with E-state index in [1.165, 1.54) is 7.11 Å². The van der Waals surface area contributed by atoms with E-state index >= 15 is 0 Å². The number of nitrogens with one attached hydrogen (secondary N) is 1. The van der Waals surface area contributed by atoms with Crippen molar-refractivity contribution in [2.75, 3.05) is 13.7 Å². The maximum Gasteiger partial charge on any atom is 0.323 e. The molecule has 3 atom stereocenters. The highest BCUT2D eigenvalue weighted by molar-refractivity contribution is 5.73. The van der Waals surface area contributed by atoms with Crippen LogP contribution in [0.3, 0.4) is 0 Å². The van der Waals surface area contributed by atoms with E-state index in [1.54, 1.807) is 0 Å². The lowest BCUT2D eigenvalue weighted by molar-refractivity contribution is -0.141. The fraction of sp³-hybridized carbons (Fsp3) is 0.909. The molecular weight excluding hydrogens is 194 g/mol. The van der Waals surface area contributed by atoms with Crippen LogP contribution < -0.4 is 5.32 Å². The van der Waals surface area contributed by atoms with Gasteiger partial charge in [0.1, 0.15) is 6.04 Å². The Labute approximate surface area is 92.0 Å². The molecule has 0 spiro atoms. The molecule has 3 unspecified atom stereocenters. The lowest BCUT2D eigenvalue weighted by Crippen LogP contribution is -2.45. The van der Waals surface area contributed by atoms with E-state index in [0.717, 1.165) is 12.8 Å². The lowest BCUT2D eigenvalue weighted by atomic mass is 10.00. The summed E-state index contributed by atoms with van der Waals surface area (Å²) in [5, 5.41) is 12.0. The first-order valence-corrected chi connectivity index (χ1v) is 5.49. The van der Waals surface area contributed by atoms with Crippen LogP contribution in [-0.2, 0) is 9.53 Å². The second kappa shape index (κ2) is 7.65. The van der Waals surface area contributed by atoms with Crippen LogP contribution in [-0.4, -0.2) is 36.9 Å². The second-order valence-corrected chi connectivity index (χ2v) is 4.16. The Morgan fingerprint density at radius 2 is 2.07 bits per heavy atom. The molecule has 0 fully saturated rings. The van der Waals surface area contributed by atoms with E-state index in [1.807, 2.05) is 6.92 Å². The van der Waals surface area contributed by atoms with Crippen molar-refractivity contribution >= 4 is 5.97 Å². The largest absolute Gasteiger partial charge is 0.480 e. The van der Waals surface area contributed by atoms with E-state index in [4.69, 9.17) is 9.84 Å². The van der Waals surface area contributed by atoms with Gasteiger partial charge in [0.05, 0.1) is 6.61 Å². The molecule has 0 rings (SSSR count). The van der Waals surface area contributed by atoms with Gasteiger partial charge in [-0.25, -0.2) is 0 Å². The van der Waals surface area contributed by atoms with Crippen molar-refractivity contribution in [3.63, 3.8) is 0 Å². The number of carbonyl (C=O) groups is 1. The molecule has 15 heavy (non-hydrogen) atoms. The van der Waals surface area contributed by atoms with Crippen LogP contribution in [0.2, 0.25) is 0 Å². The van der Waals surface area contributed by atoms with Gasteiger partial charge in [0.15, 0.2) is 0 Å². The first-order valence-electron chi connectivity index (χ1n) is 5.49. The quantitative estimate of drug-likeness (QED) is 0.647. The minimum absolute atomic E-state index is 0.205. The number of hydrogen-bond acceptors (Lipinski definition) is 3. The van der Waals surface area contributed by atoms with Crippen LogP contribution >= 0.6 is 0 Å². The zero-order chi connectivity index (χ0) is 11.8. The van der Waals surface area contributed by atoms with Gasteiger partial charge in [0, 0.05) is 13.2 Å². The average Bonchev–Trinajstić information content (AvgIpc) is 2.16. The Hall–Kier alpha value is -0.610. The maximum atomic E-state index is 10.8. The molecule has 90 valence electrons. The van der Waals surface area contributed by atoms with E-state index in [2.05, 4.69) is 19.2 Å².